The van der Waals surface area contributed by atoms with Gasteiger partial charge in [0, 0.05) is 12.1 Å². The maximum Gasteiger partial charge on any atom is 0.410 e. The van der Waals surface area contributed by atoms with Gasteiger partial charge in [0.25, 0.3) is 5.91 Å². The minimum atomic E-state index is -4.58. The standard InChI is InChI=1S/C24H25F3N4O4/c1-13(32)14-4-7-16(8-5-14)29-23(33)17-12-28-31-21(24(25,26)27)11-18(30-22(17)31)15-6-9-19(34-2)20(10-15)35-3/h4-10,12-13,18,21,30,32H,11H2,1-3H3,(H,29,33)/t13-,18+,21+/m1/s1. The van der Waals surface area contributed by atoms with Crippen molar-refractivity contribution in [3.63, 3.8) is 0 Å². The number of hydrogen-bond acceptors (Lipinski definition) is 6. The Labute approximate surface area is 199 Å². The number of anilines is 2. The molecule has 2 heterocycles. The Hall–Kier alpha value is -3.73. The van der Waals surface area contributed by atoms with Gasteiger partial charge in [-0.25, -0.2) is 4.68 Å². The third-order valence-electron chi connectivity index (χ3n) is 5.94. The Morgan fingerprint density at radius 3 is 2.46 bits per heavy atom. The topological polar surface area (TPSA) is 97.6 Å². The fraction of sp³-hybridized carbons (Fsp3) is 0.333. The number of amides is 1. The number of ether oxygens (including phenoxy) is 2. The van der Waals surface area contributed by atoms with E-state index in [0.29, 0.717) is 28.3 Å². The van der Waals surface area contributed by atoms with E-state index < -0.39 is 30.3 Å². The van der Waals surface area contributed by atoms with Crippen molar-refractivity contribution in [1.29, 1.82) is 0 Å². The zero-order valence-corrected chi connectivity index (χ0v) is 19.3. The number of halogens is 3. The minimum absolute atomic E-state index is 0.0240. The molecule has 3 aromatic rings. The van der Waals surface area contributed by atoms with Crippen molar-refractivity contribution in [2.75, 3.05) is 24.9 Å². The van der Waals surface area contributed by atoms with Crippen LogP contribution in [0.1, 0.15) is 53.0 Å². The third kappa shape index (κ3) is 4.90. The monoisotopic (exact) mass is 490 g/mol. The average Bonchev–Trinajstić information content (AvgIpc) is 3.26. The second-order valence-electron chi connectivity index (χ2n) is 8.21. The Morgan fingerprint density at radius 2 is 1.86 bits per heavy atom. The molecule has 35 heavy (non-hydrogen) atoms. The fourth-order valence-corrected chi connectivity index (χ4v) is 4.06. The van der Waals surface area contributed by atoms with Crippen LogP contribution in [0.5, 0.6) is 11.5 Å². The zero-order valence-electron chi connectivity index (χ0n) is 19.3. The lowest BCUT2D eigenvalue weighted by molar-refractivity contribution is -0.173. The summed E-state index contributed by atoms with van der Waals surface area (Å²) in [6.45, 7) is 1.62. The van der Waals surface area contributed by atoms with Crippen LogP contribution in [0.25, 0.3) is 0 Å². The van der Waals surface area contributed by atoms with Crippen LogP contribution in [-0.2, 0) is 0 Å². The van der Waals surface area contributed by atoms with Crippen molar-refractivity contribution >= 4 is 17.4 Å². The van der Waals surface area contributed by atoms with Crippen molar-refractivity contribution < 1.29 is 32.5 Å². The summed E-state index contributed by atoms with van der Waals surface area (Å²) < 4.78 is 53.3. The first-order valence-corrected chi connectivity index (χ1v) is 10.8. The van der Waals surface area contributed by atoms with Crippen LogP contribution in [0, 0.1) is 0 Å². The molecule has 8 nitrogen and oxygen atoms in total. The van der Waals surface area contributed by atoms with Crippen LogP contribution >= 0.6 is 0 Å². The van der Waals surface area contributed by atoms with E-state index in [1.54, 1.807) is 49.4 Å². The Kier molecular flexibility index (Phi) is 6.62. The van der Waals surface area contributed by atoms with E-state index in [9.17, 15) is 23.1 Å². The molecule has 4 rings (SSSR count). The van der Waals surface area contributed by atoms with Gasteiger partial charge < -0.3 is 25.2 Å². The Bertz CT molecular complexity index is 1210. The lowest BCUT2D eigenvalue weighted by atomic mass is 9.96. The van der Waals surface area contributed by atoms with Crippen molar-refractivity contribution in [1.82, 2.24) is 9.78 Å². The van der Waals surface area contributed by atoms with E-state index in [1.807, 2.05) is 0 Å². The van der Waals surface area contributed by atoms with Gasteiger partial charge in [0.1, 0.15) is 11.4 Å². The average molecular weight is 490 g/mol. The number of nitrogens with zero attached hydrogens (tertiary/aromatic N) is 2. The quantitative estimate of drug-likeness (QED) is 0.456. The molecule has 0 unspecified atom stereocenters. The maximum atomic E-state index is 14.0. The number of fused-ring (bicyclic) bond motifs is 1. The van der Waals surface area contributed by atoms with Gasteiger partial charge in [-0.1, -0.05) is 18.2 Å². The Morgan fingerprint density at radius 1 is 1.17 bits per heavy atom. The predicted octanol–water partition coefficient (Wildman–Crippen LogP) is 4.87. The van der Waals surface area contributed by atoms with E-state index >= 15 is 0 Å². The highest BCUT2D eigenvalue weighted by atomic mass is 19.4. The SMILES string of the molecule is COc1ccc([C@@H]2C[C@@H](C(F)(F)F)n3ncc(C(=O)Nc4ccc([C@@H](C)O)cc4)c3N2)cc1OC. The molecule has 2 aromatic carbocycles. The molecule has 1 amide bonds. The molecule has 0 saturated heterocycles. The molecule has 0 aliphatic carbocycles. The summed E-state index contributed by atoms with van der Waals surface area (Å²) in [6, 6.07) is 8.71. The summed E-state index contributed by atoms with van der Waals surface area (Å²) in [5.41, 5.74) is 1.62. The number of carbonyl (C=O) groups is 1. The van der Waals surface area contributed by atoms with Gasteiger partial charge in [-0.3, -0.25) is 4.79 Å². The molecular weight excluding hydrogens is 465 g/mol. The third-order valence-corrected chi connectivity index (χ3v) is 5.94. The molecule has 1 aliphatic heterocycles. The molecule has 3 N–H and O–H groups in total. The highest BCUT2D eigenvalue weighted by molar-refractivity contribution is 6.07. The molecular formula is C24H25F3N4O4. The Balaban J connectivity index is 1.66. The highest BCUT2D eigenvalue weighted by Crippen LogP contribution is 2.45. The van der Waals surface area contributed by atoms with Crippen molar-refractivity contribution in [2.45, 2.75) is 37.7 Å². The number of aliphatic hydroxyl groups excluding tert-OH is 1. The highest BCUT2D eigenvalue weighted by Gasteiger charge is 2.47. The molecule has 1 aliphatic rings. The lowest BCUT2D eigenvalue weighted by Gasteiger charge is -2.34. The second-order valence-corrected chi connectivity index (χ2v) is 8.21. The number of nitrogens with one attached hydrogen (secondary N) is 2. The van der Waals surface area contributed by atoms with Gasteiger partial charge in [-0.2, -0.15) is 18.3 Å². The summed E-state index contributed by atoms with van der Waals surface area (Å²) in [5, 5.41) is 19.3. The number of carbonyl (C=O) groups excluding carboxylic acids is 1. The van der Waals surface area contributed by atoms with Crippen LogP contribution in [0.2, 0.25) is 0 Å². The number of rotatable bonds is 6. The smallest absolute Gasteiger partial charge is 0.410 e. The predicted molar refractivity (Wildman–Crippen MR) is 123 cm³/mol. The van der Waals surface area contributed by atoms with Gasteiger partial charge >= 0.3 is 6.18 Å². The summed E-state index contributed by atoms with van der Waals surface area (Å²) in [6.07, 6.45) is -4.45. The first-order valence-electron chi connectivity index (χ1n) is 10.8. The van der Waals surface area contributed by atoms with Gasteiger partial charge in [0.05, 0.1) is 32.6 Å². The molecule has 1 aromatic heterocycles. The van der Waals surface area contributed by atoms with Crippen molar-refractivity contribution in [3.05, 3.63) is 65.4 Å². The van der Waals surface area contributed by atoms with Gasteiger partial charge in [0.2, 0.25) is 0 Å². The normalized spacial score (nSPS) is 18.3. The van der Waals surface area contributed by atoms with Crippen molar-refractivity contribution in [2.24, 2.45) is 0 Å². The van der Waals surface area contributed by atoms with E-state index in [1.165, 1.54) is 14.2 Å². The number of aliphatic hydroxyl groups is 1. The summed E-state index contributed by atoms with van der Waals surface area (Å²) in [4.78, 5) is 13.0. The van der Waals surface area contributed by atoms with Crippen LogP contribution in [0.15, 0.2) is 48.7 Å². The fourth-order valence-electron chi connectivity index (χ4n) is 4.06. The van der Waals surface area contributed by atoms with E-state index in [2.05, 4.69) is 15.7 Å². The summed E-state index contributed by atoms with van der Waals surface area (Å²) in [7, 11) is 2.91. The first kappa shape index (κ1) is 24.4. The molecule has 186 valence electrons. The van der Waals surface area contributed by atoms with Crippen LogP contribution in [0.4, 0.5) is 24.7 Å². The van der Waals surface area contributed by atoms with Crippen LogP contribution in [0.3, 0.4) is 0 Å². The first-order chi connectivity index (χ1) is 16.6. The molecule has 0 spiro atoms. The van der Waals surface area contributed by atoms with Crippen LogP contribution < -0.4 is 20.1 Å². The number of benzene rings is 2. The van der Waals surface area contributed by atoms with E-state index in [-0.39, 0.29) is 17.8 Å². The number of aromatic nitrogens is 2. The molecule has 0 fully saturated rings. The molecule has 0 bridgehead atoms. The van der Waals surface area contributed by atoms with Gasteiger partial charge in [-0.05, 0) is 42.3 Å². The van der Waals surface area contributed by atoms with E-state index in [4.69, 9.17) is 9.47 Å². The molecule has 3 atom stereocenters. The maximum absolute atomic E-state index is 14.0. The molecule has 0 saturated carbocycles. The molecule has 0 radical (unpaired) electrons. The lowest BCUT2D eigenvalue weighted by Crippen LogP contribution is -2.36. The number of hydrogen-bond donors (Lipinski definition) is 3. The molecule has 11 heteroatoms. The van der Waals surface area contributed by atoms with Gasteiger partial charge in [-0.15, -0.1) is 0 Å². The number of methoxy groups -OCH3 is 2. The zero-order chi connectivity index (χ0) is 25.3. The summed E-state index contributed by atoms with van der Waals surface area (Å²) in [5.74, 6) is 0.188. The summed E-state index contributed by atoms with van der Waals surface area (Å²) >= 11 is 0. The van der Waals surface area contributed by atoms with Gasteiger partial charge in [0.15, 0.2) is 17.5 Å². The van der Waals surface area contributed by atoms with E-state index in [0.717, 1.165) is 10.9 Å². The van der Waals surface area contributed by atoms with Crippen LogP contribution in [-0.4, -0.2) is 41.2 Å². The number of alkyl halides is 3. The van der Waals surface area contributed by atoms with Crippen molar-refractivity contribution in [3.8, 4) is 11.5 Å². The largest absolute Gasteiger partial charge is 0.493 e. The second kappa shape index (κ2) is 9.49. The minimum Gasteiger partial charge on any atom is -0.493 e.